The maximum Gasteiger partial charge on any atom is 0.161 e. The fourth-order valence-electron chi connectivity index (χ4n) is 1.63. The Morgan fingerprint density at radius 3 is 2.21 bits per heavy atom. The Kier molecular flexibility index (Phi) is 6.51. The first-order chi connectivity index (χ1) is 9.29. The molecule has 0 heterocycles. The average molecular weight is 258 g/mol. The highest BCUT2D eigenvalue weighted by atomic mass is 16.5. The minimum atomic E-state index is 0.556. The molecule has 2 nitrogen and oxygen atoms in total. The van der Waals surface area contributed by atoms with Gasteiger partial charge in [-0.3, -0.25) is 0 Å². The summed E-state index contributed by atoms with van der Waals surface area (Å²) in [7, 11) is 1.66. The molecular weight excluding hydrogens is 236 g/mol. The van der Waals surface area contributed by atoms with Crippen molar-refractivity contribution < 1.29 is 9.47 Å². The summed E-state index contributed by atoms with van der Waals surface area (Å²) >= 11 is 0. The monoisotopic (exact) mass is 258 g/mol. The van der Waals surface area contributed by atoms with Gasteiger partial charge in [-0.1, -0.05) is 50.2 Å². The van der Waals surface area contributed by atoms with Gasteiger partial charge < -0.3 is 9.47 Å². The van der Waals surface area contributed by atoms with E-state index in [2.05, 4.69) is 0 Å². The van der Waals surface area contributed by atoms with Crippen LogP contribution in [0.15, 0.2) is 48.5 Å². The lowest BCUT2D eigenvalue weighted by molar-refractivity contribution is 0.284. The number of rotatable bonds is 4. The third-order valence-electron chi connectivity index (χ3n) is 2.56. The van der Waals surface area contributed by atoms with E-state index >= 15 is 0 Å². The predicted octanol–water partition coefficient (Wildman–Crippen LogP) is 4.61. The Morgan fingerprint density at radius 1 is 0.895 bits per heavy atom. The zero-order chi connectivity index (χ0) is 14.1. The van der Waals surface area contributed by atoms with Gasteiger partial charge in [0.25, 0.3) is 0 Å². The van der Waals surface area contributed by atoms with Crippen molar-refractivity contribution in [1.29, 1.82) is 0 Å². The normalized spacial score (nSPS) is 9.26. The molecular formula is C17H22O2. The summed E-state index contributed by atoms with van der Waals surface area (Å²) in [5, 5.41) is 0. The molecule has 19 heavy (non-hydrogen) atoms. The Bertz CT molecular complexity index is 478. The third kappa shape index (κ3) is 4.66. The first-order valence-electron chi connectivity index (χ1n) is 6.61. The van der Waals surface area contributed by atoms with Crippen LogP contribution in [0.4, 0.5) is 0 Å². The predicted molar refractivity (Wildman–Crippen MR) is 79.9 cm³/mol. The highest BCUT2D eigenvalue weighted by molar-refractivity contribution is 5.42. The Labute approximate surface area is 116 Å². The van der Waals surface area contributed by atoms with Crippen LogP contribution in [-0.4, -0.2) is 7.11 Å². The molecule has 0 radical (unpaired) electrons. The molecule has 0 bridgehead atoms. The molecule has 0 aliphatic rings. The molecule has 0 fully saturated rings. The summed E-state index contributed by atoms with van der Waals surface area (Å²) in [4.78, 5) is 0. The van der Waals surface area contributed by atoms with Gasteiger partial charge in [-0.2, -0.15) is 0 Å². The molecule has 0 spiro atoms. The Morgan fingerprint density at radius 2 is 1.58 bits per heavy atom. The molecule has 0 saturated heterocycles. The van der Waals surface area contributed by atoms with E-state index in [1.807, 2.05) is 69.3 Å². The second kappa shape index (κ2) is 8.20. The van der Waals surface area contributed by atoms with Crippen molar-refractivity contribution >= 4 is 0 Å². The second-order valence-corrected chi connectivity index (χ2v) is 3.93. The number of methoxy groups -OCH3 is 1. The number of aryl methyl sites for hydroxylation is 1. The zero-order valence-corrected chi connectivity index (χ0v) is 12.1. The minimum absolute atomic E-state index is 0.556. The van der Waals surface area contributed by atoms with Crippen LogP contribution in [0, 0.1) is 6.92 Å². The van der Waals surface area contributed by atoms with Gasteiger partial charge in [-0.25, -0.2) is 0 Å². The van der Waals surface area contributed by atoms with E-state index < -0.39 is 0 Å². The van der Waals surface area contributed by atoms with E-state index in [0.717, 1.165) is 22.6 Å². The number of hydrogen-bond donors (Lipinski definition) is 0. The minimum Gasteiger partial charge on any atom is -0.493 e. The summed E-state index contributed by atoms with van der Waals surface area (Å²) < 4.78 is 11.0. The molecule has 0 N–H and O–H groups in total. The Hall–Kier alpha value is -1.96. The first kappa shape index (κ1) is 15.1. The van der Waals surface area contributed by atoms with Gasteiger partial charge in [-0.15, -0.1) is 0 Å². The highest BCUT2D eigenvalue weighted by Gasteiger charge is 2.04. The van der Waals surface area contributed by atoms with Crippen LogP contribution in [0.5, 0.6) is 11.5 Å². The van der Waals surface area contributed by atoms with Gasteiger partial charge in [0.05, 0.1) is 7.11 Å². The largest absolute Gasteiger partial charge is 0.493 e. The molecule has 0 aromatic heterocycles. The molecule has 2 aromatic carbocycles. The molecule has 0 aliphatic carbocycles. The van der Waals surface area contributed by atoms with Crippen LogP contribution in [0.2, 0.25) is 0 Å². The van der Waals surface area contributed by atoms with E-state index in [1.165, 1.54) is 0 Å². The van der Waals surface area contributed by atoms with Gasteiger partial charge in [0.2, 0.25) is 0 Å². The number of ether oxygens (including phenoxy) is 2. The standard InChI is InChI=1S/C15H16O2.C2H6/c1-12-8-9-14(15(10-12)16-2)17-11-13-6-4-3-5-7-13;1-2/h3-10H,11H2,1-2H3;1-2H3. The van der Waals surface area contributed by atoms with Crippen LogP contribution in [0.1, 0.15) is 25.0 Å². The van der Waals surface area contributed by atoms with Crippen LogP contribution in [-0.2, 0) is 6.61 Å². The molecule has 0 saturated carbocycles. The summed E-state index contributed by atoms with van der Waals surface area (Å²) in [6, 6.07) is 16.0. The summed E-state index contributed by atoms with van der Waals surface area (Å²) in [5.41, 5.74) is 2.31. The van der Waals surface area contributed by atoms with E-state index in [0.29, 0.717) is 6.61 Å². The summed E-state index contributed by atoms with van der Waals surface area (Å²) in [6.45, 7) is 6.59. The van der Waals surface area contributed by atoms with Crippen molar-refractivity contribution in [2.45, 2.75) is 27.4 Å². The van der Waals surface area contributed by atoms with E-state index in [-0.39, 0.29) is 0 Å². The molecule has 2 heteroatoms. The SMILES string of the molecule is CC.COc1cc(C)ccc1OCc1ccccc1. The van der Waals surface area contributed by atoms with E-state index in [4.69, 9.17) is 9.47 Å². The van der Waals surface area contributed by atoms with E-state index in [1.54, 1.807) is 7.11 Å². The summed E-state index contributed by atoms with van der Waals surface area (Å²) in [6.07, 6.45) is 0. The molecule has 2 aromatic rings. The highest BCUT2D eigenvalue weighted by Crippen LogP contribution is 2.28. The molecule has 102 valence electrons. The number of benzene rings is 2. The van der Waals surface area contributed by atoms with Crippen molar-refractivity contribution in [2.75, 3.05) is 7.11 Å². The molecule has 0 atom stereocenters. The van der Waals surface area contributed by atoms with Crippen LogP contribution < -0.4 is 9.47 Å². The van der Waals surface area contributed by atoms with Gasteiger partial charge >= 0.3 is 0 Å². The van der Waals surface area contributed by atoms with Crippen LogP contribution >= 0.6 is 0 Å². The van der Waals surface area contributed by atoms with Gasteiger partial charge in [-0.05, 0) is 30.2 Å². The van der Waals surface area contributed by atoms with E-state index in [9.17, 15) is 0 Å². The maximum absolute atomic E-state index is 5.74. The van der Waals surface area contributed by atoms with Crippen molar-refractivity contribution in [1.82, 2.24) is 0 Å². The third-order valence-corrected chi connectivity index (χ3v) is 2.56. The van der Waals surface area contributed by atoms with Crippen molar-refractivity contribution in [3.8, 4) is 11.5 Å². The average Bonchev–Trinajstić information content (AvgIpc) is 2.49. The molecule has 2 rings (SSSR count). The van der Waals surface area contributed by atoms with Gasteiger partial charge in [0.1, 0.15) is 6.61 Å². The molecule has 0 aliphatic heterocycles. The van der Waals surface area contributed by atoms with Gasteiger partial charge in [0, 0.05) is 0 Å². The first-order valence-corrected chi connectivity index (χ1v) is 6.61. The molecule has 0 unspecified atom stereocenters. The fraction of sp³-hybridized carbons (Fsp3) is 0.294. The topological polar surface area (TPSA) is 18.5 Å². The van der Waals surface area contributed by atoms with Crippen molar-refractivity contribution in [3.05, 3.63) is 59.7 Å². The fourth-order valence-corrected chi connectivity index (χ4v) is 1.63. The Balaban J connectivity index is 0.000000861. The van der Waals surface area contributed by atoms with Gasteiger partial charge in [0.15, 0.2) is 11.5 Å². The van der Waals surface area contributed by atoms with Crippen LogP contribution in [0.25, 0.3) is 0 Å². The lowest BCUT2D eigenvalue weighted by atomic mass is 10.2. The lowest BCUT2D eigenvalue weighted by Gasteiger charge is -2.11. The quantitative estimate of drug-likeness (QED) is 0.797. The molecule has 0 amide bonds. The maximum atomic E-state index is 5.74. The lowest BCUT2D eigenvalue weighted by Crippen LogP contribution is -1.97. The zero-order valence-electron chi connectivity index (χ0n) is 12.1. The smallest absolute Gasteiger partial charge is 0.161 e. The van der Waals surface area contributed by atoms with Crippen molar-refractivity contribution in [3.63, 3.8) is 0 Å². The second-order valence-electron chi connectivity index (χ2n) is 3.93. The summed E-state index contributed by atoms with van der Waals surface area (Å²) in [5.74, 6) is 1.56. The number of hydrogen-bond acceptors (Lipinski definition) is 2. The van der Waals surface area contributed by atoms with Crippen LogP contribution in [0.3, 0.4) is 0 Å². The van der Waals surface area contributed by atoms with Crippen molar-refractivity contribution in [2.24, 2.45) is 0 Å².